The molecule has 1 atom stereocenters. The Morgan fingerprint density at radius 2 is 2.00 bits per heavy atom. The number of benzene rings is 1. The molecule has 5 heteroatoms. The fourth-order valence-electron chi connectivity index (χ4n) is 2.48. The predicted molar refractivity (Wildman–Crippen MR) is 81.3 cm³/mol. The van der Waals surface area contributed by atoms with Crippen LogP contribution < -0.4 is 0 Å². The predicted octanol–water partition coefficient (Wildman–Crippen LogP) is 3.94. The van der Waals surface area contributed by atoms with Crippen molar-refractivity contribution in [3.8, 4) is 0 Å². The number of furan rings is 1. The molecule has 0 fully saturated rings. The SMILES string of the molecule is CC(=O)N1N=C(c2ccc(C)o2)C[C@H]1c1ccc(Cl)cc1. The molecule has 0 saturated carbocycles. The smallest absolute Gasteiger partial charge is 0.240 e. The first kappa shape index (κ1) is 13.9. The summed E-state index contributed by atoms with van der Waals surface area (Å²) >= 11 is 5.92. The summed E-state index contributed by atoms with van der Waals surface area (Å²) in [6, 6.07) is 11.2. The van der Waals surface area contributed by atoms with E-state index in [1.165, 1.54) is 11.9 Å². The maximum absolute atomic E-state index is 11.8. The molecule has 0 bridgehead atoms. The van der Waals surface area contributed by atoms with Gasteiger partial charge >= 0.3 is 0 Å². The lowest BCUT2D eigenvalue weighted by Crippen LogP contribution is -2.24. The van der Waals surface area contributed by atoms with Crippen LogP contribution in [0, 0.1) is 6.92 Å². The summed E-state index contributed by atoms with van der Waals surface area (Å²) in [6.45, 7) is 3.40. The van der Waals surface area contributed by atoms with Gasteiger partial charge in [0.05, 0.1) is 6.04 Å². The van der Waals surface area contributed by atoms with Gasteiger partial charge in [-0.15, -0.1) is 0 Å². The van der Waals surface area contributed by atoms with Gasteiger partial charge in [-0.3, -0.25) is 4.79 Å². The standard InChI is InChI=1S/C16H15ClN2O2/c1-10-3-8-16(21-10)14-9-15(19(18-14)11(2)20)12-4-6-13(17)7-5-12/h3-8,15H,9H2,1-2H3/t15-/m0/s1. The van der Waals surface area contributed by atoms with E-state index < -0.39 is 0 Å². The Balaban J connectivity index is 1.93. The molecule has 0 saturated heterocycles. The van der Waals surface area contributed by atoms with Crippen molar-refractivity contribution in [3.63, 3.8) is 0 Å². The molecule has 3 rings (SSSR count). The number of halogens is 1. The van der Waals surface area contributed by atoms with Crippen molar-refractivity contribution in [2.45, 2.75) is 26.3 Å². The fourth-order valence-corrected chi connectivity index (χ4v) is 2.61. The molecule has 0 unspecified atom stereocenters. The van der Waals surface area contributed by atoms with Gasteiger partial charge in [0.15, 0.2) is 0 Å². The van der Waals surface area contributed by atoms with E-state index in [2.05, 4.69) is 5.10 Å². The molecule has 0 aliphatic carbocycles. The molecule has 1 aliphatic rings. The van der Waals surface area contributed by atoms with E-state index in [-0.39, 0.29) is 11.9 Å². The number of hydrazone groups is 1. The molecule has 1 aromatic heterocycles. The Bertz CT molecular complexity index is 703. The lowest BCUT2D eigenvalue weighted by Gasteiger charge is -2.20. The largest absolute Gasteiger partial charge is 0.460 e. The minimum atomic E-state index is -0.111. The highest BCUT2D eigenvalue weighted by Gasteiger charge is 2.32. The maximum atomic E-state index is 11.8. The molecule has 1 aliphatic heterocycles. The minimum Gasteiger partial charge on any atom is -0.460 e. The third kappa shape index (κ3) is 2.72. The van der Waals surface area contributed by atoms with Gasteiger partial charge in [0.25, 0.3) is 0 Å². The summed E-state index contributed by atoms with van der Waals surface area (Å²) < 4.78 is 5.61. The zero-order valence-corrected chi connectivity index (χ0v) is 12.6. The van der Waals surface area contributed by atoms with Crippen molar-refractivity contribution >= 4 is 23.2 Å². The molecule has 1 aromatic carbocycles. The normalized spacial score (nSPS) is 18.0. The average Bonchev–Trinajstić information content (AvgIpc) is 3.05. The van der Waals surface area contributed by atoms with E-state index in [0.29, 0.717) is 11.4 Å². The molecule has 21 heavy (non-hydrogen) atoms. The molecule has 0 spiro atoms. The average molecular weight is 303 g/mol. The third-order valence-corrected chi connectivity index (χ3v) is 3.76. The molecule has 0 N–H and O–H groups in total. The number of nitrogens with zero attached hydrogens (tertiary/aromatic N) is 2. The van der Waals surface area contributed by atoms with Crippen molar-refractivity contribution in [1.29, 1.82) is 0 Å². The summed E-state index contributed by atoms with van der Waals surface area (Å²) in [6.07, 6.45) is 0.633. The van der Waals surface area contributed by atoms with Gasteiger partial charge < -0.3 is 4.42 Å². The minimum absolute atomic E-state index is 0.0896. The van der Waals surface area contributed by atoms with Crippen molar-refractivity contribution < 1.29 is 9.21 Å². The molecule has 0 radical (unpaired) electrons. The number of rotatable bonds is 2. The molecular weight excluding hydrogens is 288 g/mol. The van der Waals surface area contributed by atoms with Crippen LogP contribution in [-0.4, -0.2) is 16.6 Å². The maximum Gasteiger partial charge on any atom is 0.240 e. The molecule has 4 nitrogen and oxygen atoms in total. The second kappa shape index (κ2) is 5.37. The number of carbonyl (C=O) groups excluding carboxylic acids is 1. The fraction of sp³-hybridized carbons (Fsp3) is 0.250. The van der Waals surface area contributed by atoms with E-state index in [9.17, 15) is 4.79 Å². The Morgan fingerprint density at radius 3 is 2.57 bits per heavy atom. The highest BCUT2D eigenvalue weighted by Crippen LogP contribution is 2.33. The van der Waals surface area contributed by atoms with Gasteiger partial charge in [-0.1, -0.05) is 23.7 Å². The highest BCUT2D eigenvalue weighted by molar-refractivity contribution is 6.30. The molecule has 108 valence electrons. The summed E-state index contributed by atoms with van der Waals surface area (Å²) in [5.74, 6) is 1.46. The van der Waals surface area contributed by atoms with Crippen LogP contribution in [0.4, 0.5) is 0 Å². The third-order valence-electron chi connectivity index (χ3n) is 3.51. The Hall–Kier alpha value is -2.07. The second-order valence-corrected chi connectivity index (χ2v) is 5.53. The van der Waals surface area contributed by atoms with Crippen LogP contribution in [0.2, 0.25) is 5.02 Å². The van der Waals surface area contributed by atoms with Crippen molar-refractivity contribution in [2.24, 2.45) is 5.10 Å². The van der Waals surface area contributed by atoms with Gasteiger partial charge in [0, 0.05) is 18.4 Å². The first-order valence-electron chi connectivity index (χ1n) is 6.74. The lowest BCUT2D eigenvalue weighted by molar-refractivity contribution is -0.130. The van der Waals surface area contributed by atoms with Gasteiger partial charge in [0.1, 0.15) is 17.2 Å². The first-order valence-corrected chi connectivity index (χ1v) is 7.12. The summed E-state index contributed by atoms with van der Waals surface area (Å²) in [5, 5.41) is 6.61. The number of hydrogen-bond donors (Lipinski definition) is 0. The Kier molecular flexibility index (Phi) is 3.55. The summed E-state index contributed by atoms with van der Waals surface area (Å²) in [4.78, 5) is 11.8. The van der Waals surface area contributed by atoms with Gasteiger partial charge in [-0.25, -0.2) is 5.01 Å². The Labute approximate surface area is 128 Å². The van der Waals surface area contributed by atoms with Crippen LogP contribution in [0.1, 0.15) is 36.5 Å². The van der Waals surface area contributed by atoms with Crippen LogP contribution in [0.3, 0.4) is 0 Å². The van der Waals surface area contributed by atoms with E-state index in [0.717, 1.165) is 22.8 Å². The number of hydrogen-bond acceptors (Lipinski definition) is 3. The topological polar surface area (TPSA) is 45.8 Å². The highest BCUT2D eigenvalue weighted by atomic mass is 35.5. The number of aryl methyl sites for hydroxylation is 1. The molecule has 1 amide bonds. The lowest BCUT2D eigenvalue weighted by atomic mass is 10.0. The van der Waals surface area contributed by atoms with Crippen molar-refractivity contribution in [2.75, 3.05) is 0 Å². The zero-order chi connectivity index (χ0) is 15.0. The first-order chi connectivity index (χ1) is 10.0. The van der Waals surface area contributed by atoms with Crippen LogP contribution in [-0.2, 0) is 4.79 Å². The van der Waals surface area contributed by atoms with Gasteiger partial charge in [-0.2, -0.15) is 5.10 Å². The number of amides is 1. The molecular formula is C16H15ClN2O2. The van der Waals surface area contributed by atoms with E-state index in [1.54, 1.807) is 0 Å². The van der Waals surface area contributed by atoms with Gasteiger partial charge in [0.2, 0.25) is 5.91 Å². The number of carbonyl (C=O) groups is 1. The Morgan fingerprint density at radius 1 is 1.29 bits per heavy atom. The summed E-state index contributed by atoms with van der Waals surface area (Å²) in [5.41, 5.74) is 1.80. The van der Waals surface area contributed by atoms with Crippen molar-refractivity contribution in [1.82, 2.24) is 5.01 Å². The van der Waals surface area contributed by atoms with Crippen LogP contribution in [0.15, 0.2) is 45.9 Å². The molecule has 2 aromatic rings. The summed E-state index contributed by atoms with van der Waals surface area (Å²) in [7, 11) is 0. The zero-order valence-electron chi connectivity index (χ0n) is 11.8. The van der Waals surface area contributed by atoms with E-state index in [4.69, 9.17) is 16.0 Å². The second-order valence-electron chi connectivity index (χ2n) is 5.09. The van der Waals surface area contributed by atoms with Crippen LogP contribution in [0.5, 0.6) is 0 Å². The quantitative estimate of drug-likeness (QED) is 0.843. The van der Waals surface area contributed by atoms with E-state index in [1.807, 2.05) is 43.3 Å². The van der Waals surface area contributed by atoms with Crippen molar-refractivity contribution in [3.05, 3.63) is 58.5 Å². The van der Waals surface area contributed by atoms with Gasteiger partial charge in [-0.05, 0) is 36.8 Å². The monoisotopic (exact) mass is 302 g/mol. The van der Waals surface area contributed by atoms with E-state index >= 15 is 0 Å². The van der Waals surface area contributed by atoms with Crippen LogP contribution in [0.25, 0.3) is 0 Å². The molecule has 2 heterocycles. The van der Waals surface area contributed by atoms with Crippen LogP contribution >= 0.6 is 11.6 Å².